The number of carbonyl (C=O) groups excluding carboxylic acids is 3. The molecule has 0 aliphatic heterocycles. The van der Waals surface area contributed by atoms with Gasteiger partial charge in [0, 0.05) is 35.1 Å². The van der Waals surface area contributed by atoms with E-state index in [4.69, 9.17) is 4.74 Å². The van der Waals surface area contributed by atoms with Gasteiger partial charge >= 0.3 is 5.97 Å². The van der Waals surface area contributed by atoms with E-state index in [9.17, 15) is 18.8 Å². The van der Waals surface area contributed by atoms with Crippen LogP contribution in [0.3, 0.4) is 0 Å². The van der Waals surface area contributed by atoms with E-state index in [-0.39, 0.29) is 17.3 Å². The number of nitrogens with one attached hydrogen (secondary N) is 1. The molecule has 0 fully saturated rings. The minimum absolute atomic E-state index is 0.0582. The summed E-state index contributed by atoms with van der Waals surface area (Å²) in [6, 6.07) is 11.4. The lowest BCUT2D eigenvalue weighted by atomic mass is 10.1. The first-order valence-electron chi connectivity index (χ1n) is 9.01. The van der Waals surface area contributed by atoms with Crippen LogP contribution in [0.1, 0.15) is 34.8 Å². The molecule has 2 aromatic carbocycles. The average molecular weight is 462 g/mol. The lowest BCUT2D eigenvalue weighted by Gasteiger charge is -2.05. The van der Waals surface area contributed by atoms with Crippen LogP contribution in [0.2, 0.25) is 0 Å². The molecule has 0 atom stereocenters. The number of esters is 1. The quantitative estimate of drug-likeness (QED) is 0.264. The predicted octanol–water partition coefficient (Wildman–Crippen LogP) is 4.10. The number of hydrogen-bond acceptors (Lipinski definition) is 4. The molecule has 0 radical (unpaired) electrons. The Morgan fingerprint density at radius 3 is 2.55 bits per heavy atom. The van der Waals surface area contributed by atoms with E-state index in [1.54, 1.807) is 18.2 Å². The monoisotopic (exact) mass is 461 g/mol. The lowest BCUT2D eigenvalue weighted by molar-refractivity contribution is -0.136. The van der Waals surface area contributed by atoms with E-state index in [0.29, 0.717) is 16.6 Å². The van der Waals surface area contributed by atoms with Crippen LogP contribution in [-0.4, -0.2) is 30.8 Å². The minimum Gasteiger partial charge on any atom is -0.454 e. The summed E-state index contributed by atoms with van der Waals surface area (Å²) >= 11 is 3.23. The summed E-state index contributed by atoms with van der Waals surface area (Å²) in [5.74, 6) is -1.58. The van der Waals surface area contributed by atoms with Crippen molar-refractivity contribution in [3.05, 3.63) is 75.5 Å². The molecule has 0 saturated heterocycles. The molecule has 0 aliphatic carbocycles. The topological polar surface area (TPSA) is 72.5 Å². The zero-order valence-electron chi connectivity index (χ0n) is 15.9. The van der Waals surface area contributed by atoms with Gasteiger partial charge in [-0.25, -0.2) is 9.18 Å². The number of ketones is 1. The molecule has 7 heteroatoms. The fraction of sp³-hybridized carbons (Fsp3) is 0.227. The van der Waals surface area contributed by atoms with Crippen LogP contribution in [0.15, 0.2) is 53.0 Å². The van der Waals surface area contributed by atoms with Crippen LogP contribution < -0.4 is 5.32 Å². The molecule has 1 N–H and O–H groups in total. The van der Waals surface area contributed by atoms with Gasteiger partial charge < -0.3 is 10.1 Å². The molecular formula is C22H21BrFNO4. The summed E-state index contributed by atoms with van der Waals surface area (Å²) in [5.41, 5.74) is 1.71. The van der Waals surface area contributed by atoms with E-state index in [2.05, 4.69) is 21.2 Å². The second-order valence-electron chi connectivity index (χ2n) is 6.31. The lowest BCUT2D eigenvalue weighted by Crippen LogP contribution is -2.21. The second kappa shape index (κ2) is 11.3. The Morgan fingerprint density at radius 2 is 1.86 bits per heavy atom. The maximum atomic E-state index is 13.6. The van der Waals surface area contributed by atoms with Gasteiger partial charge in [-0.1, -0.05) is 40.2 Å². The van der Waals surface area contributed by atoms with Crippen molar-refractivity contribution < 1.29 is 23.5 Å². The van der Waals surface area contributed by atoms with Crippen LogP contribution in [0.25, 0.3) is 6.08 Å². The first-order valence-corrected chi connectivity index (χ1v) is 9.81. The highest BCUT2D eigenvalue weighted by atomic mass is 79.9. The van der Waals surface area contributed by atoms with Crippen LogP contribution >= 0.6 is 15.9 Å². The van der Waals surface area contributed by atoms with Crippen molar-refractivity contribution in [2.24, 2.45) is 0 Å². The van der Waals surface area contributed by atoms with Crippen LogP contribution in [0.4, 0.5) is 4.39 Å². The summed E-state index contributed by atoms with van der Waals surface area (Å²) in [4.78, 5) is 34.7. The normalized spacial score (nSPS) is 10.7. The number of amides is 1. The van der Waals surface area contributed by atoms with E-state index in [1.807, 2.05) is 12.1 Å². The predicted molar refractivity (Wildman–Crippen MR) is 112 cm³/mol. The number of halogens is 2. The summed E-state index contributed by atoms with van der Waals surface area (Å²) in [6.45, 7) is 1.68. The highest BCUT2D eigenvalue weighted by Crippen LogP contribution is 2.16. The van der Waals surface area contributed by atoms with E-state index in [0.717, 1.165) is 24.5 Å². The van der Waals surface area contributed by atoms with E-state index < -0.39 is 18.4 Å². The minimum atomic E-state index is -0.729. The number of benzene rings is 2. The Hall–Kier alpha value is -2.80. The molecule has 0 aliphatic rings. The molecule has 2 rings (SSSR count). The van der Waals surface area contributed by atoms with Gasteiger partial charge in [0.05, 0.1) is 0 Å². The number of aryl methyl sites for hydroxylation is 1. The fourth-order valence-electron chi connectivity index (χ4n) is 2.48. The summed E-state index contributed by atoms with van der Waals surface area (Å²) in [6.07, 6.45) is 3.95. The molecule has 0 aromatic heterocycles. The van der Waals surface area contributed by atoms with Crippen molar-refractivity contribution in [3.8, 4) is 0 Å². The first kappa shape index (κ1) is 22.5. The van der Waals surface area contributed by atoms with Gasteiger partial charge in [-0.05, 0) is 42.7 Å². The fourth-order valence-corrected chi connectivity index (χ4v) is 2.86. The molecule has 152 valence electrons. The third kappa shape index (κ3) is 7.99. The Morgan fingerprint density at radius 1 is 1.14 bits per heavy atom. The summed E-state index contributed by atoms with van der Waals surface area (Å²) < 4.78 is 19.2. The van der Waals surface area contributed by atoms with Crippen molar-refractivity contribution in [2.45, 2.75) is 19.8 Å². The largest absolute Gasteiger partial charge is 0.454 e. The van der Waals surface area contributed by atoms with Crippen molar-refractivity contribution >= 4 is 39.7 Å². The smallest absolute Gasteiger partial charge is 0.331 e. The molecule has 2 aromatic rings. The molecule has 0 heterocycles. The van der Waals surface area contributed by atoms with Gasteiger partial charge in [0.15, 0.2) is 12.4 Å². The van der Waals surface area contributed by atoms with Crippen LogP contribution in [0, 0.1) is 5.82 Å². The number of rotatable bonds is 9. The maximum absolute atomic E-state index is 13.6. The number of hydrogen-bond donors (Lipinski definition) is 1. The number of ether oxygens (including phenoxy) is 1. The third-order valence-electron chi connectivity index (χ3n) is 3.99. The van der Waals surface area contributed by atoms with Crippen LogP contribution in [-0.2, 0) is 20.7 Å². The van der Waals surface area contributed by atoms with Gasteiger partial charge in [-0.2, -0.15) is 0 Å². The van der Waals surface area contributed by atoms with Crippen LogP contribution in [0.5, 0.6) is 0 Å². The highest BCUT2D eigenvalue weighted by molar-refractivity contribution is 9.10. The zero-order chi connectivity index (χ0) is 21.2. The number of Topliss-reactive ketones (excluding diaryl/α,β-unsaturated/α-hetero) is 1. The summed E-state index contributed by atoms with van der Waals surface area (Å²) in [5, 5.41) is 2.73. The van der Waals surface area contributed by atoms with Crippen molar-refractivity contribution in [1.82, 2.24) is 5.32 Å². The molecular weight excluding hydrogens is 441 g/mol. The van der Waals surface area contributed by atoms with E-state index >= 15 is 0 Å². The van der Waals surface area contributed by atoms with Crippen molar-refractivity contribution in [2.75, 3.05) is 13.2 Å². The third-order valence-corrected chi connectivity index (χ3v) is 4.49. The SMILES string of the molecule is CC(=O)NCCCc1ccc(C(=O)COC(=O)/C=C/c2cc(Br)ccc2F)cc1. The zero-order valence-corrected chi connectivity index (χ0v) is 17.5. The van der Waals surface area contributed by atoms with Gasteiger partial charge in [0.2, 0.25) is 5.91 Å². The molecule has 0 bridgehead atoms. The maximum Gasteiger partial charge on any atom is 0.331 e. The Kier molecular flexibility index (Phi) is 8.73. The van der Waals surface area contributed by atoms with Gasteiger partial charge in [-0.15, -0.1) is 0 Å². The molecule has 5 nitrogen and oxygen atoms in total. The first-order chi connectivity index (χ1) is 13.8. The van der Waals surface area contributed by atoms with Gasteiger partial charge in [0.25, 0.3) is 0 Å². The van der Waals surface area contributed by atoms with E-state index in [1.165, 1.54) is 25.1 Å². The Bertz CT molecular complexity index is 910. The summed E-state index contributed by atoms with van der Waals surface area (Å²) in [7, 11) is 0. The molecule has 1 amide bonds. The average Bonchev–Trinajstić information content (AvgIpc) is 2.70. The second-order valence-corrected chi connectivity index (χ2v) is 7.23. The Balaban J connectivity index is 1.80. The molecule has 0 saturated carbocycles. The standard InChI is InChI=1S/C22H21BrFNO4/c1-15(26)25-12-2-3-16-4-6-17(7-5-16)21(27)14-29-22(28)11-8-18-13-19(23)9-10-20(18)24/h4-11,13H,2-3,12,14H2,1H3,(H,25,26)/b11-8+. The van der Waals surface area contributed by atoms with Crippen molar-refractivity contribution in [1.29, 1.82) is 0 Å². The Labute approximate surface area is 177 Å². The van der Waals surface area contributed by atoms with Crippen molar-refractivity contribution in [3.63, 3.8) is 0 Å². The van der Waals surface area contributed by atoms with Gasteiger partial charge in [-0.3, -0.25) is 9.59 Å². The molecule has 29 heavy (non-hydrogen) atoms. The number of carbonyl (C=O) groups is 3. The van der Waals surface area contributed by atoms with Gasteiger partial charge in [0.1, 0.15) is 5.82 Å². The highest BCUT2D eigenvalue weighted by Gasteiger charge is 2.09. The molecule has 0 spiro atoms. The molecule has 0 unspecified atom stereocenters.